The van der Waals surface area contributed by atoms with E-state index in [0.717, 1.165) is 17.0 Å². The molecule has 0 spiro atoms. The molecule has 6 nitrogen and oxygen atoms in total. The van der Waals surface area contributed by atoms with Crippen molar-refractivity contribution in [1.29, 1.82) is 0 Å². The number of aryl methyl sites for hydroxylation is 2. The molecule has 1 aliphatic rings. The molecule has 2 heterocycles. The zero-order chi connectivity index (χ0) is 16.6. The fourth-order valence-electron chi connectivity index (χ4n) is 2.82. The molecule has 0 saturated heterocycles. The van der Waals surface area contributed by atoms with E-state index in [2.05, 4.69) is 10.4 Å². The van der Waals surface area contributed by atoms with E-state index in [1.165, 1.54) is 0 Å². The number of aromatic nitrogens is 2. The molecule has 23 heavy (non-hydrogen) atoms. The van der Waals surface area contributed by atoms with Gasteiger partial charge in [0.25, 0.3) is 0 Å². The summed E-state index contributed by atoms with van der Waals surface area (Å²) in [5, 5.41) is 7.07. The van der Waals surface area contributed by atoms with Crippen molar-refractivity contribution in [2.24, 2.45) is 7.05 Å². The molecule has 1 N–H and O–H groups in total. The van der Waals surface area contributed by atoms with Crippen LogP contribution < -0.4 is 10.1 Å². The van der Waals surface area contributed by atoms with Gasteiger partial charge in [0.1, 0.15) is 18.4 Å². The molecule has 2 aromatic rings. The first-order valence-corrected chi connectivity index (χ1v) is 7.52. The maximum Gasteiger partial charge on any atom is 0.225 e. The average molecular weight is 313 g/mol. The minimum atomic E-state index is -0.644. The Kier molecular flexibility index (Phi) is 3.90. The van der Waals surface area contributed by atoms with E-state index in [1.807, 2.05) is 27.0 Å². The largest absolute Gasteiger partial charge is 0.490 e. The molecule has 0 bridgehead atoms. The molecule has 1 aromatic heterocycles. The van der Waals surface area contributed by atoms with Crippen LogP contribution in [0.2, 0.25) is 0 Å². The van der Waals surface area contributed by atoms with Crippen molar-refractivity contribution in [3.63, 3.8) is 0 Å². The van der Waals surface area contributed by atoms with Gasteiger partial charge in [-0.25, -0.2) is 0 Å². The number of carbonyl (C=O) groups excluding carboxylic acids is 2. The molecule has 1 aromatic carbocycles. The number of carbonyl (C=O) groups is 2. The van der Waals surface area contributed by atoms with Gasteiger partial charge in [0.05, 0.1) is 17.7 Å². The summed E-state index contributed by atoms with van der Waals surface area (Å²) >= 11 is 0. The Morgan fingerprint density at radius 3 is 2.83 bits per heavy atom. The summed E-state index contributed by atoms with van der Waals surface area (Å²) in [5.41, 5.74) is 3.19. The number of fused-ring (bicyclic) bond motifs is 1. The van der Waals surface area contributed by atoms with E-state index in [0.29, 0.717) is 11.3 Å². The summed E-state index contributed by atoms with van der Waals surface area (Å²) in [7, 11) is 1.85. The first kappa shape index (κ1) is 15.3. The van der Waals surface area contributed by atoms with E-state index in [1.54, 1.807) is 22.9 Å². The number of ketones is 1. The van der Waals surface area contributed by atoms with Gasteiger partial charge in [-0.15, -0.1) is 0 Å². The van der Waals surface area contributed by atoms with Gasteiger partial charge >= 0.3 is 0 Å². The van der Waals surface area contributed by atoms with Crippen LogP contribution in [0.15, 0.2) is 24.3 Å². The summed E-state index contributed by atoms with van der Waals surface area (Å²) in [5.74, 6) is 0.257. The normalized spacial score (nSPS) is 16.7. The van der Waals surface area contributed by atoms with Crippen molar-refractivity contribution in [2.45, 2.75) is 26.3 Å². The van der Waals surface area contributed by atoms with Crippen molar-refractivity contribution in [3.8, 4) is 5.75 Å². The maximum atomic E-state index is 12.4. The highest BCUT2D eigenvalue weighted by atomic mass is 16.5. The highest BCUT2D eigenvalue weighted by molar-refractivity contribution is 6.05. The van der Waals surface area contributed by atoms with E-state index >= 15 is 0 Å². The van der Waals surface area contributed by atoms with Crippen LogP contribution in [-0.2, 0) is 18.3 Å². The minimum Gasteiger partial charge on any atom is -0.490 e. The van der Waals surface area contributed by atoms with Crippen molar-refractivity contribution in [2.75, 3.05) is 6.61 Å². The molecule has 0 radical (unpaired) electrons. The zero-order valence-electron chi connectivity index (χ0n) is 13.4. The Morgan fingerprint density at radius 2 is 2.13 bits per heavy atom. The smallest absolute Gasteiger partial charge is 0.225 e. The predicted molar refractivity (Wildman–Crippen MR) is 84.6 cm³/mol. The Morgan fingerprint density at radius 1 is 1.39 bits per heavy atom. The second kappa shape index (κ2) is 5.87. The molecule has 3 rings (SSSR count). The van der Waals surface area contributed by atoms with Gasteiger partial charge in [-0.3, -0.25) is 14.3 Å². The van der Waals surface area contributed by atoms with Crippen LogP contribution in [0.4, 0.5) is 0 Å². The Hall–Kier alpha value is -2.63. The first-order chi connectivity index (χ1) is 11.0. The van der Waals surface area contributed by atoms with Crippen LogP contribution >= 0.6 is 0 Å². The molecule has 1 amide bonds. The average Bonchev–Trinajstić information content (AvgIpc) is 2.77. The van der Waals surface area contributed by atoms with Crippen LogP contribution in [0.1, 0.15) is 27.3 Å². The van der Waals surface area contributed by atoms with Crippen LogP contribution in [0, 0.1) is 13.8 Å². The van der Waals surface area contributed by atoms with Crippen LogP contribution in [-0.4, -0.2) is 34.1 Å². The molecule has 1 atom stereocenters. The van der Waals surface area contributed by atoms with Gasteiger partial charge in [-0.1, -0.05) is 12.1 Å². The van der Waals surface area contributed by atoms with Gasteiger partial charge in [0.15, 0.2) is 5.78 Å². The molecule has 1 aliphatic heterocycles. The monoisotopic (exact) mass is 313 g/mol. The van der Waals surface area contributed by atoms with E-state index in [4.69, 9.17) is 4.74 Å². The fourth-order valence-corrected chi connectivity index (χ4v) is 2.82. The molecular formula is C17H19N3O3. The summed E-state index contributed by atoms with van der Waals surface area (Å²) in [6, 6.07) is 6.43. The number of para-hydroxylation sites is 1. The third kappa shape index (κ3) is 2.84. The highest BCUT2D eigenvalue weighted by Crippen LogP contribution is 2.24. The number of nitrogens with zero attached hydrogens (tertiary/aromatic N) is 2. The van der Waals surface area contributed by atoms with Gasteiger partial charge in [0.2, 0.25) is 5.91 Å². The molecule has 120 valence electrons. The van der Waals surface area contributed by atoms with Crippen LogP contribution in [0.25, 0.3) is 0 Å². The number of hydrogen-bond donors (Lipinski definition) is 1. The third-order valence-corrected chi connectivity index (χ3v) is 4.21. The standard InChI is InChI=1S/C17H19N3O3/c1-10-13(11(2)20(3)19-10)8-16(21)18-14-9-23-15-7-5-4-6-12(15)17(14)22/h4-7,14H,8-9H2,1-3H3,(H,18,21). The van der Waals surface area contributed by atoms with Crippen molar-refractivity contribution < 1.29 is 14.3 Å². The second-order valence-electron chi connectivity index (χ2n) is 5.74. The minimum absolute atomic E-state index is 0.111. The fraction of sp³-hybridized carbons (Fsp3) is 0.353. The molecule has 0 saturated carbocycles. The Bertz CT molecular complexity index is 779. The molecule has 6 heteroatoms. The topological polar surface area (TPSA) is 73.2 Å². The number of benzene rings is 1. The predicted octanol–water partition coefficient (Wildman–Crippen LogP) is 1.34. The second-order valence-corrected chi connectivity index (χ2v) is 5.74. The van der Waals surface area contributed by atoms with Crippen molar-refractivity contribution >= 4 is 11.7 Å². The number of rotatable bonds is 3. The van der Waals surface area contributed by atoms with E-state index in [-0.39, 0.29) is 24.7 Å². The van der Waals surface area contributed by atoms with Crippen LogP contribution in [0.3, 0.4) is 0 Å². The number of amides is 1. The van der Waals surface area contributed by atoms with Gasteiger partial charge in [0, 0.05) is 18.3 Å². The quantitative estimate of drug-likeness (QED) is 0.928. The zero-order valence-corrected chi connectivity index (χ0v) is 13.4. The highest BCUT2D eigenvalue weighted by Gasteiger charge is 2.30. The van der Waals surface area contributed by atoms with E-state index < -0.39 is 6.04 Å². The van der Waals surface area contributed by atoms with Gasteiger partial charge < -0.3 is 10.1 Å². The van der Waals surface area contributed by atoms with Crippen molar-refractivity contribution in [1.82, 2.24) is 15.1 Å². The van der Waals surface area contributed by atoms with Gasteiger partial charge in [-0.2, -0.15) is 5.10 Å². The van der Waals surface area contributed by atoms with Gasteiger partial charge in [-0.05, 0) is 26.0 Å². The summed E-state index contributed by atoms with van der Waals surface area (Å²) in [4.78, 5) is 24.7. The number of nitrogens with one attached hydrogen (secondary N) is 1. The lowest BCUT2D eigenvalue weighted by atomic mass is 10.0. The SMILES string of the molecule is Cc1nn(C)c(C)c1CC(=O)NC1COc2ccccc2C1=O. The maximum absolute atomic E-state index is 12.4. The van der Waals surface area contributed by atoms with E-state index in [9.17, 15) is 9.59 Å². The first-order valence-electron chi connectivity index (χ1n) is 7.52. The number of Topliss-reactive ketones (excluding diaryl/α,β-unsaturated/α-hetero) is 1. The summed E-state index contributed by atoms with van der Waals surface area (Å²) < 4.78 is 7.31. The molecule has 0 aliphatic carbocycles. The lowest BCUT2D eigenvalue weighted by molar-refractivity contribution is -0.121. The Balaban J connectivity index is 1.71. The van der Waals surface area contributed by atoms with Crippen molar-refractivity contribution in [3.05, 3.63) is 46.8 Å². The summed E-state index contributed by atoms with van der Waals surface area (Å²) in [6.07, 6.45) is 0.205. The molecular weight excluding hydrogens is 294 g/mol. The summed E-state index contributed by atoms with van der Waals surface area (Å²) in [6.45, 7) is 3.96. The lowest BCUT2D eigenvalue weighted by Gasteiger charge is -2.24. The number of hydrogen-bond acceptors (Lipinski definition) is 4. The third-order valence-electron chi connectivity index (χ3n) is 4.21. The molecule has 1 unspecified atom stereocenters. The number of ether oxygens (including phenoxy) is 1. The van der Waals surface area contributed by atoms with Crippen LogP contribution in [0.5, 0.6) is 5.75 Å². The lowest BCUT2D eigenvalue weighted by Crippen LogP contribution is -2.47. The Labute approximate surface area is 134 Å². The molecule has 0 fully saturated rings.